The van der Waals surface area contributed by atoms with E-state index < -0.39 is 11.7 Å². The molecule has 0 spiro atoms. The van der Waals surface area contributed by atoms with Gasteiger partial charge in [0.2, 0.25) is 11.8 Å². The van der Waals surface area contributed by atoms with E-state index in [1.54, 1.807) is 58.0 Å². The summed E-state index contributed by atoms with van der Waals surface area (Å²) < 4.78 is 16.5. The average Bonchev–Trinajstić information content (AvgIpc) is 3.02. The van der Waals surface area contributed by atoms with E-state index in [9.17, 15) is 4.79 Å². The Kier molecular flexibility index (Phi) is 5.56. The fraction of sp³-hybridized carbons (Fsp3) is 0.250. The van der Waals surface area contributed by atoms with Crippen molar-refractivity contribution in [3.05, 3.63) is 53.4 Å². The molecule has 0 aliphatic heterocycles. The highest BCUT2D eigenvalue weighted by Gasteiger charge is 2.17. The normalized spacial score (nSPS) is 11.2. The van der Waals surface area contributed by atoms with Gasteiger partial charge in [0.15, 0.2) is 0 Å². The van der Waals surface area contributed by atoms with E-state index in [2.05, 4.69) is 15.5 Å². The molecule has 3 rings (SSSR count). The van der Waals surface area contributed by atoms with Crippen LogP contribution < -0.4 is 10.1 Å². The molecule has 8 heteroatoms. The largest absolute Gasteiger partial charge is 0.457 e. The molecule has 1 aromatic heterocycles. The van der Waals surface area contributed by atoms with Crippen LogP contribution in [0.15, 0.2) is 46.9 Å². The van der Waals surface area contributed by atoms with Crippen LogP contribution in [0.3, 0.4) is 0 Å². The van der Waals surface area contributed by atoms with Crippen molar-refractivity contribution in [3.8, 4) is 23.0 Å². The summed E-state index contributed by atoms with van der Waals surface area (Å²) in [5.41, 5.74) is 0.576. The Morgan fingerprint density at radius 2 is 1.86 bits per heavy atom. The molecule has 28 heavy (non-hydrogen) atoms. The van der Waals surface area contributed by atoms with E-state index in [1.807, 2.05) is 12.1 Å². The lowest BCUT2D eigenvalue weighted by molar-refractivity contribution is 0.0636. The van der Waals surface area contributed by atoms with Gasteiger partial charge in [0.25, 0.3) is 0 Å². The van der Waals surface area contributed by atoms with Crippen LogP contribution in [0.25, 0.3) is 11.5 Å². The third-order valence-corrected chi connectivity index (χ3v) is 3.73. The maximum Gasteiger partial charge on any atom is 0.412 e. The Morgan fingerprint density at radius 1 is 1.11 bits per heavy atom. The van der Waals surface area contributed by atoms with Gasteiger partial charge in [-0.15, -0.1) is 10.2 Å². The van der Waals surface area contributed by atoms with E-state index in [1.165, 1.54) is 0 Å². The first-order valence-corrected chi connectivity index (χ1v) is 8.95. The molecule has 146 valence electrons. The topological polar surface area (TPSA) is 86.5 Å². The molecule has 0 aliphatic rings. The first kappa shape index (κ1) is 19.7. The average molecular weight is 402 g/mol. The standard InChI is InChI=1S/C20H20ClN3O4/c1-12-23-24-18(26-12)13-6-5-7-14(10-13)27-15-8-9-17(16(21)11-15)22-19(25)28-20(2,3)4/h5-11H,1-4H3,(H,22,25). The van der Waals surface area contributed by atoms with Gasteiger partial charge in [-0.25, -0.2) is 4.79 Å². The number of nitrogens with one attached hydrogen (secondary N) is 1. The van der Waals surface area contributed by atoms with Crippen molar-refractivity contribution in [2.24, 2.45) is 0 Å². The molecular weight excluding hydrogens is 382 g/mol. The van der Waals surface area contributed by atoms with Gasteiger partial charge < -0.3 is 13.9 Å². The predicted molar refractivity (Wildman–Crippen MR) is 106 cm³/mol. The number of anilines is 1. The molecule has 1 amide bonds. The molecule has 0 bridgehead atoms. The predicted octanol–water partition coefficient (Wildman–Crippen LogP) is 5.84. The molecule has 1 N–H and O–H groups in total. The van der Waals surface area contributed by atoms with Crippen molar-refractivity contribution in [3.63, 3.8) is 0 Å². The molecule has 0 aliphatic carbocycles. The molecule has 3 aromatic rings. The van der Waals surface area contributed by atoms with E-state index in [-0.39, 0.29) is 0 Å². The summed E-state index contributed by atoms with van der Waals surface area (Å²) in [5, 5.41) is 10.8. The van der Waals surface area contributed by atoms with Crippen LogP contribution in [0.5, 0.6) is 11.5 Å². The number of benzene rings is 2. The number of hydrogen-bond acceptors (Lipinski definition) is 6. The van der Waals surface area contributed by atoms with Crippen molar-refractivity contribution in [2.75, 3.05) is 5.32 Å². The Hall–Kier alpha value is -3.06. The maximum atomic E-state index is 11.9. The molecule has 1 heterocycles. The SMILES string of the molecule is Cc1nnc(-c2cccc(Oc3ccc(NC(=O)OC(C)(C)C)c(Cl)c3)c2)o1. The fourth-order valence-corrected chi connectivity index (χ4v) is 2.53. The Balaban J connectivity index is 1.72. The number of carbonyl (C=O) groups is 1. The van der Waals surface area contributed by atoms with Crippen molar-refractivity contribution in [1.29, 1.82) is 0 Å². The van der Waals surface area contributed by atoms with Gasteiger partial charge >= 0.3 is 6.09 Å². The number of nitrogens with zero attached hydrogens (tertiary/aromatic N) is 2. The Bertz CT molecular complexity index is 995. The lowest BCUT2D eigenvalue weighted by Gasteiger charge is -2.20. The fourth-order valence-electron chi connectivity index (χ4n) is 2.32. The zero-order valence-electron chi connectivity index (χ0n) is 15.9. The summed E-state index contributed by atoms with van der Waals surface area (Å²) >= 11 is 6.26. The summed E-state index contributed by atoms with van der Waals surface area (Å²) in [6.07, 6.45) is -0.578. The number of amides is 1. The number of halogens is 1. The highest BCUT2D eigenvalue weighted by molar-refractivity contribution is 6.33. The van der Waals surface area contributed by atoms with Crippen LogP contribution in [0.1, 0.15) is 26.7 Å². The molecule has 0 unspecified atom stereocenters. The van der Waals surface area contributed by atoms with Crippen LogP contribution in [-0.4, -0.2) is 21.9 Å². The first-order valence-electron chi connectivity index (χ1n) is 8.57. The van der Waals surface area contributed by atoms with Crippen LogP contribution in [0.4, 0.5) is 10.5 Å². The number of aromatic nitrogens is 2. The number of aryl methyl sites for hydroxylation is 1. The van der Waals surface area contributed by atoms with Gasteiger partial charge in [-0.1, -0.05) is 17.7 Å². The number of rotatable bonds is 4. The van der Waals surface area contributed by atoms with E-state index >= 15 is 0 Å². The van der Waals surface area contributed by atoms with Crippen LogP contribution in [0.2, 0.25) is 5.02 Å². The van der Waals surface area contributed by atoms with Gasteiger partial charge in [-0.2, -0.15) is 0 Å². The van der Waals surface area contributed by atoms with Crippen molar-refractivity contribution < 1.29 is 18.7 Å². The highest BCUT2D eigenvalue weighted by Crippen LogP contribution is 2.31. The molecule has 0 saturated carbocycles. The number of ether oxygens (including phenoxy) is 2. The van der Waals surface area contributed by atoms with Crippen LogP contribution in [-0.2, 0) is 4.74 Å². The second kappa shape index (κ2) is 7.90. The second-order valence-corrected chi connectivity index (χ2v) is 7.43. The maximum absolute atomic E-state index is 11.9. The van der Waals surface area contributed by atoms with Gasteiger partial charge in [0, 0.05) is 18.6 Å². The lowest BCUT2D eigenvalue weighted by Crippen LogP contribution is -2.27. The summed E-state index contributed by atoms with van der Waals surface area (Å²) in [4.78, 5) is 11.9. The quantitative estimate of drug-likeness (QED) is 0.591. The first-order chi connectivity index (χ1) is 13.2. The molecule has 0 atom stereocenters. The van der Waals surface area contributed by atoms with Gasteiger partial charge in [0.1, 0.15) is 17.1 Å². The Morgan fingerprint density at radius 3 is 2.50 bits per heavy atom. The Labute approximate surface area is 167 Å². The summed E-state index contributed by atoms with van der Waals surface area (Å²) in [5.74, 6) is 2.00. The molecule has 0 radical (unpaired) electrons. The zero-order chi connectivity index (χ0) is 20.3. The monoisotopic (exact) mass is 401 g/mol. The lowest BCUT2D eigenvalue weighted by atomic mass is 10.2. The molecule has 0 saturated heterocycles. The second-order valence-electron chi connectivity index (χ2n) is 7.02. The van der Waals surface area contributed by atoms with Crippen molar-refractivity contribution >= 4 is 23.4 Å². The highest BCUT2D eigenvalue weighted by atomic mass is 35.5. The summed E-state index contributed by atoms with van der Waals surface area (Å²) in [6, 6.07) is 12.2. The van der Waals surface area contributed by atoms with E-state index in [0.29, 0.717) is 34.0 Å². The van der Waals surface area contributed by atoms with E-state index in [4.69, 9.17) is 25.5 Å². The number of hydrogen-bond donors (Lipinski definition) is 1. The van der Waals surface area contributed by atoms with Gasteiger partial charge in [-0.05, 0) is 51.1 Å². The van der Waals surface area contributed by atoms with Crippen molar-refractivity contribution in [1.82, 2.24) is 10.2 Å². The minimum absolute atomic E-state index is 0.326. The summed E-state index contributed by atoms with van der Waals surface area (Å²) in [6.45, 7) is 7.09. The van der Waals surface area contributed by atoms with Crippen molar-refractivity contribution in [2.45, 2.75) is 33.3 Å². The third kappa shape index (κ3) is 5.23. The molecule has 7 nitrogen and oxygen atoms in total. The molecule has 0 fully saturated rings. The third-order valence-electron chi connectivity index (χ3n) is 3.42. The smallest absolute Gasteiger partial charge is 0.412 e. The zero-order valence-corrected chi connectivity index (χ0v) is 16.7. The van der Waals surface area contributed by atoms with E-state index in [0.717, 1.165) is 5.56 Å². The summed E-state index contributed by atoms with van der Waals surface area (Å²) in [7, 11) is 0. The molecular formula is C20H20ClN3O4. The minimum atomic E-state index is -0.596. The number of carbonyl (C=O) groups excluding carboxylic acids is 1. The van der Waals surface area contributed by atoms with Gasteiger partial charge in [0.05, 0.1) is 10.7 Å². The van der Waals surface area contributed by atoms with Crippen LogP contribution in [0, 0.1) is 6.92 Å². The minimum Gasteiger partial charge on any atom is -0.457 e. The van der Waals surface area contributed by atoms with Crippen LogP contribution >= 0.6 is 11.6 Å². The van der Waals surface area contributed by atoms with Gasteiger partial charge in [-0.3, -0.25) is 5.32 Å². The molecule has 2 aromatic carbocycles.